The highest BCUT2D eigenvalue weighted by atomic mass is 16.1. The Kier molecular flexibility index (Phi) is 4.32. The molecule has 1 heterocycles. The van der Waals surface area contributed by atoms with E-state index >= 15 is 0 Å². The maximum absolute atomic E-state index is 12.2. The van der Waals surface area contributed by atoms with Gasteiger partial charge in [0.15, 0.2) is 0 Å². The number of hydrogen-bond acceptors (Lipinski definition) is 3. The predicted molar refractivity (Wildman–Crippen MR) is 75.7 cm³/mol. The normalized spacial score (nSPS) is 9.70. The van der Waals surface area contributed by atoms with Crippen molar-refractivity contribution < 1.29 is 0 Å². The fourth-order valence-corrected chi connectivity index (χ4v) is 2.06. The number of nitriles is 2. The van der Waals surface area contributed by atoms with Crippen LogP contribution in [0.15, 0.2) is 47.3 Å². The Hall–Kier alpha value is -2.85. The number of rotatable bonds is 4. The van der Waals surface area contributed by atoms with Gasteiger partial charge in [-0.3, -0.25) is 4.79 Å². The van der Waals surface area contributed by atoms with Crippen molar-refractivity contribution in [1.82, 2.24) is 4.57 Å². The smallest absolute Gasteiger partial charge is 0.268 e. The Balaban J connectivity index is 2.52. The van der Waals surface area contributed by atoms with E-state index in [4.69, 9.17) is 10.5 Å². The second-order valence-electron chi connectivity index (χ2n) is 4.33. The molecule has 98 valence electrons. The van der Waals surface area contributed by atoms with Crippen molar-refractivity contribution >= 4 is 0 Å². The minimum absolute atomic E-state index is 0.127. The number of aromatic nitrogens is 1. The third-order valence-electron chi connectivity index (χ3n) is 3.03. The zero-order valence-electron chi connectivity index (χ0n) is 10.9. The first kappa shape index (κ1) is 13.6. The Morgan fingerprint density at radius 1 is 1.05 bits per heavy atom. The standard InChI is InChI=1S/C16H13N3O/c17-10-4-5-11-19-15(13-6-2-1-3-7-13)9-8-14(12-18)16(19)20/h1-3,6-9H,4-5,11H2. The van der Waals surface area contributed by atoms with Gasteiger partial charge in [0.2, 0.25) is 0 Å². The van der Waals surface area contributed by atoms with Crippen LogP contribution in [0.1, 0.15) is 18.4 Å². The van der Waals surface area contributed by atoms with Crippen LogP contribution < -0.4 is 5.56 Å². The highest BCUT2D eigenvalue weighted by Gasteiger charge is 2.09. The van der Waals surface area contributed by atoms with Gasteiger partial charge in [0, 0.05) is 13.0 Å². The molecule has 2 rings (SSSR count). The summed E-state index contributed by atoms with van der Waals surface area (Å²) in [4.78, 5) is 12.2. The Morgan fingerprint density at radius 2 is 1.80 bits per heavy atom. The summed E-state index contributed by atoms with van der Waals surface area (Å²) in [5.41, 5.74) is 1.52. The summed E-state index contributed by atoms with van der Waals surface area (Å²) in [6.07, 6.45) is 0.975. The first-order valence-electron chi connectivity index (χ1n) is 6.34. The summed E-state index contributed by atoms with van der Waals surface area (Å²) in [5, 5.41) is 17.6. The van der Waals surface area contributed by atoms with Gasteiger partial charge in [0.1, 0.15) is 11.6 Å². The molecule has 4 nitrogen and oxygen atoms in total. The van der Waals surface area contributed by atoms with E-state index in [1.807, 2.05) is 36.4 Å². The second-order valence-corrected chi connectivity index (χ2v) is 4.33. The van der Waals surface area contributed by atoms with Crippen molar-refractivity contribution in [3.8, 4) is 23.4 Å². The van der Waals surface area contributed by atoms with E-state index in [2.05, 4.69) is 6.07 Å². The van der Waals surface area contributed by atoms with Crippen molar-refractivity contribution in [2.24, 2.45) is 0 Å². The van der Waals surface area contributed by atoms with E-state index in [-0.39, 0.29) is 11.1 Å². The largest absolute Gasteiger partial charge is 0.307 e. The Labute approximate surface area is 117 Å². The van der Waals surface area contributed by atoms with Gasteiger partial charge in [0.05, 0.1) is 11.8 Å². The molecule has 0 amide bonds. The van der Waals surface area contributed by atoms with Crippen LogP contribution in [-0.4, -0.2) is 4.57 Å². The van der Waals surface area contributed by atoms with Gasteiger partial charge in [0.25, 0.3) is 5.56 Å². The van der Waals surface area contributed by atoms with Crippen LogP contribution in [0.2, 0.25) is 0 Å². The molecule has 0 saturated carbocycles. The number of hydrogen-bond donors (Lipinski definition) is 0. The lowest BCUT2D eigenvalue weighted by atomic mass is 10.1. The number of pyridine rings is 1. The molecule has 0 aliphatic carbocycles. The lowest BCUT2D eigenvalue weighted by Crippen LogP contribution is -2.24. The summed E-state index contributed by atoms with van der Waals surface area (Å²) in [5.74, 6) is 0. The van der Waals surface area contributed by atoms with Crippen molar-refractivity contribution in [1.29, 1.82) is 10.5 Å². The molecule has 0 saturated heterocycles. The highest BCUT2D eigenvalue weighted by molar-refractivity contribution is 5.60. The van der Waals surface area contributed by atoms with Gasteiger partial charge in [-0.25, -0.2) is 0 Å². The van der Waals surface area contributed by atoms with Crippen LogP contribution in [0, 0.1) is 22.7 Å². The molecule has 0 atom stereocenters. The summed E-state index contributed by atoms with van der Waals surface area (Å²) in [6, 6.07) is 16.8. The Bertz CT molecular complexity index is 733. The summed E-state index contributed by atoms with van der Waals surface area (Å²) >= 11 is 0. The van der Waals surface area contributed by atoms with Crippen molar-refractivity contribution in [3.63, 3.8) is 0 Å². The summed E-state index contributed by atoms with van der Waals surface area (Å²) in [7, 11) is 0. The first-order chi connectivity index (χ1) is 9.77. The van der Waals surface area contributed by atoms with Crippen LogP contribution in [-0.2, 0) is 6.54 Å². The van der Waals surface area contributed by atoms with Crippen LogP contribution >= 0.6 is 0 Å². The SMILES string of the molecule is N#CCCCn1c(-c2ccccc2)ccc(C#N)c1=O. The minimum atomic E-state index is -0.299. The van der Waals surface area contributed by atoms with Gasteiger partial charge in [-0.2, -0.15) is 10.5 Å². The van der Waals surface area contributed by atoms with Gasteiger partial charge in [-0.05, 0) is 24.1 Å². The van der Waals surface area contributed by atoms with Crippen molar-refractivity contribution in [2.45, 2.75) is 19.4 Å². The summed E-state index contributed by atoms with van der Waals surface area (Å²) < 4.78 is 1.57. The van der Waals surface area contributed by atoms with Crippen LogP contribution in [0.3, 0.4) is 0 Å². The predicted octanol–water partition coefficient (Wildman–Crippen LogP) is 2.69. The average molecular weight is 263 g/mol. The molecule has 0 bridgehead atoms. The molecular formula is C16H13N3O. The molecule has 20 heavy (non-hydrogen) atoms. The van der Waals surface area contributed by atoms with Crippen molar-refractivity contribution in [3.05, 3.63) is 58.4 Å². The van der Waals surface area contributed by atoms with E-state index in [0.29, 0.717) is 19.4 Å². The molecule has 0 fully saturated rings. The molecule has 0 unspecified atom stereocenters. The molecule has 0 N–H and O–H groups in total. The molecule has 4 heteroatoms. The van der Waals surface area contributed by atoms with Crippen LogP contribution in [0.25, 0.3) is 11.3 Å². The highest BCUT2D eigenvalue weighted by Crippen LogP contribution is 2.18. The maximum atomic E-state index is 12.2. The van der Waals surface area contributed by atoms with E-state index in [1.165, 1.54) is 0 Å². The van der Waals surface area contributed by atoms with Crippen LogP contribution in [0.5, 0.6) is 0 Å². The maximum Gasteiger partial charge on any atom is 0.268 e. The third kappa shape index (κ3) is 2.76. The minimum Gasteiger partial charge on any atom is -0.307 e. The molecular weight excluding hydrogens is 250 g/mol. The Morgan fingerprint density at radius 3 is 2.45 bits per heavy atom. The zero-order chi connectivity index (χ0) is 14.4. The molecule has 1 aromatic carbocycles. The average Bonchev–Trinajstić information content (AvgIpc) is 2.50. The van der Waals surface area contributed by atoms with E-state index in [0.717, 1.165) is 11.3 Å². The quantitative estimate of drug-likeness (QED) is 0.796. The fourth-order valence-electron chi connectivity index (χ4n) is 2.06. The van der Waals surface area contributed by atoms with Gasteiger partial charge in [-0.1, -0.05) is 30.3 Å². The second kappa shape index (κ2) is 6.36. The molecule has 0 radical (unpaired) electrons. The topological polar surface area (TPSA) is 69.6 Å². The molecule has 1 aromatic heterocycles. The van der Waals surface area contributed by atoms with E-state index < -0.39 is 0 Å². The lowest BCUT2D eigenvalue weighted by molar-refractivity contribution is 0.637. The monoisotopic (exact) mass is 263 g/mol. The molecule has 0 aliphatic heterocycles. The van der Waals surface area contributed by atoms with Gasteiger partial charge >= 0.3 is 0 Å². The fraction of sp³-hybridized carbons (Fsp3) is 0.188. The van der Waals surface area contributed by atoms with Crippen molar-refractivity contribution in [2.75, 3.05) is 0 Å². The third-order valence-corrected chi connectivity index (χ3v) is 3.03. The van der Waals surface area contributed by atoms with Gasteiger partial charge < -0.3 is 4.57 Å². The lowest BCUT2D eigenvalue weighted by Gasteiger charge is -2.12. The molecule has 0 aliphatic rings. The van der Waals surface area contributed by atoms with Gasteiger partial charge in [-0.15, -0.1) is 0 Å². The molecule has 0 spiro atoms. The molecule has 2 aromatic rings. The van der Waals surface area contributed by atoms with E-state index in [1.54, 1.807) is 16.7 Å². The number of nitrogens with zero attached hydrogens (tertiary/aromatic N) is 3. The van der Waals surface area contributed by atoms with Crippen LogP contribution in [0.4, 0.5) is 0 Å². The zero-order valence-corrected chi connectivity index (χ0v) is 10.9. The summed E-state index contributed by atoms with van der Waals surface area (Å²) in [6.45, 7) is 0.437. The first-order valence-corrected chi connectivity index (χ1v) is 6.34. The van der Waals surface area contributed by atoms with E-state index in [9.17, 15) is 4.79 Å². The number of benzene rings is 1. The number of unbranched alkanes of at least 4 members (excludes halogenated alkanes) is 1.